The third-order valence-corrected chi connectivity index (χ3v) is 5.08. The number of halogens is 1. The first kappa shape index (κ1) is 19.0. The summed E-state index contributed by atoms with van der Waals surface area (Å²) in [5.41, 5.74) is 3.27. The highest BCUT2D eigenvalue weighted by Crippen LogP contribution is 2.37. The number of rotatable bonds is 4. The molecule has 1 atom stereocenters. The van der Waals surface area contributed by atoms with Crippen LogP contribution in [0.25, 0.3) is 6.08 Å². The van der Waals surface area contributed by atoms with Gasteiger partial charge >= 0.3 is 0 Å². The summed E-state index contributed by atoms with van der Waals surface area (Å²) in [6, 6.07) is 23.7. The topological polar surface area (TPSA) is 52.9 Å². The summed E-state index contributed by atoms with van der Waals surface area (Å²) >= 11 is 6.00. The number of phenolic OH excluding ortho intramolecular Hbond substituents is 1. The van der Waals surface area contributed by atoms with Gasteiger partial charge in [0.2, 0.25) is 0 Å². The smallest absolute Gasteiger partial charge is 0.267 e. The molecule has 1 aliphatic heterocycles. The van der Waals surface area contributed by atoms with Gasteiger partial charge in [-0.3, -0.25) is 4.79 Å². The van der Waals surface area contributed by atoms with E-state index in [1.54, 1.807) is 30.3 Å². The highest BCUT2D eigenvalue weighted by atomic mass is 35.5. The van der Waals surface area contributed by atoms with Crippen LogP contribution >= 0.6 is 11.6 Å². The average Bonchev–Trinajstić information content (AvgIpc) is 3.19. The Hall–Kier alpha value is -3.37. The number of hydrogen-bond acceptors (Lipinski definition) is 3. The second-order valence-electron chi connectivity index (χ2n) is 6.76. The summed E-state index contributed by atoms with van der Waals surface area (Å²) in [7, 11) is 0. The molecule has 3 aromatic carbocycles. The zero-order valence-corrected chi connectivity index (χ0v) is 16.3. The van der Waals surface area contributed by atoms with Gasteiger partial charge in [0.05, 0.1) is 11.8 Å². The van der Waals surface area contributed by atoms with Gasteiger partial charge in [-0.1, -0.05) is 72.3 Å². The van der Waals surface area contributed by atoms with Crippen LogP contribution in [0.15, 0.2) is 90.0 Å². The van der Waals surface area contributed by atoms with E-state index in [0.717, 1.165) is 16.8 Å². The highest BCUT2D eigenvalue weighted by Gasteiger charge is 2.33. The fourth-order valence-corrected chi connectivity index (χ4v) is 3.48. The molecule has 144 valence electrons. The summed E-state index contributed by atoms with van der Waals surface area (Å²) < 4.78 is 0. The van der Waals surface area contributed by atoms with Gasteiger partial charge in [0.25, 0.3) is 5.91 Å². The fourth-order valence-electron chi connectivity index (χ4n) is 3.35. The van der Waals surface area contributed by atoms with Crippen molar-refractivity contribution in [3.05, 3.63) is 107 Å². The van der Waals surface area contributed by atoms with Crippen molar-refractivity contribution in [1.29, 1.82) is 0 Å². The number of nitrogens with zero attached hydrogens (tertiary/aromatic N) is 2. The number of carbonyl (C=O) groups is 1. The van der Waals surface area contributed by atoms with E-state index >= 15 is 0 Å². The maximum atomic E-state index is 13.0. The quantitative estimate of drug-likeness (QED) is 0.591. The minimum absolute atomic E-state index is 0.148. The third-order valence-electron chi connectivity index (χ3n) is 4.83. The molecule has 0 aliphatic carbocycles. The van der Waals surface area contributed by atoms with E-state index in [-0.39, 0.29) is 17.7 Å². The monoisotopic (exact) mass is 402 g/mol. The minimum atomic E-state index is -0.380. The molecule has 3 aromatic rings. The van der Waals surface area contributed by atoms with Crippen molar-refractivity contribution < 1.29 is 9.90 Å². The summed E-state index contributed by atoms with van der Waals surface area (Å²) in [4.78, 5) is 13.0. The molecular weight excluding hydrogens is 384 g/mol. The first-order chi connectivity index (χ1) is 14.1. The molecule has 1 heterocycles. The number of carbonyl (C=O) groups excluding carboxylic acids is 1. The zero-order valence-electron chi connectivity index (χ0n) is 15.6. The van der Waals surface area contributed by atoms with Gasteiger partial charge in [-0.25, -0.2) is 5.01 Å². The lowest BCUT2D eigenvalue weighted by molar-refractivity contribution is -0.127. The van der Waals surface area contributed by atoms with Crippen LogP contribution in [0, 0.1) is 0 Å². The lowest BCUT2D eigenvalue weighted by Crippen LogP contribution is -2.25. The second-order valence-corrected chi connectivity index (χ2v) is 7.20. The summed E-state index contributed by atoms with van der Waals surface area (Å²) in [6.07, 6.45) is 3.78. The van der Waals surface area contributed by atoms with E-state index in [9.17, 15) is 9.90 Å². The van der Waals surface area contributed by atoms with Crippen molar-refractivity contribution in [3.8, 4) is 5.75 Å². The average molecular weight is 403 g/mol. The molecule has 0 aromatic heterocycles. The van der Waals surface area contributed by atoms with Crippen LogP contribution in [0.3, 0.4) is 0 Å². The molecule has 1 amide bonds. The summed E-state index contributed by atoms with van der Waals surface area (Å²) in [6.45, 7) is 0. The first-order valence-corrected chi connectivity index (χ1v) is 9.67. The Kier molecular flexibility index (Phi) is 5.45. The van der Waals surface area contributed by atoms with Gasteiger partial charge < -0.3 is 5.11 Å². The Balaban J connectivity index is 1.67. The molecule has 1 N–H and O–H groups in total. The predicted octanol–water partition coefficient (Wildman–Crippen LogP) is 5.44. The van der Waals surface area contributed by atoms with E-state index in [0.29, 0.717) is 17.0 Å². The number of aromatic hydroxyl groups is 1. The van der Waals surface area contributed by atoms with Crippen molar-refractivity contribution >= 4 is 29.3 Å². The fraction of sp³-hybridized carbons (Fsp3) is 0.0833. The van der Waals surface area contributed by atoms with Crippen molar-refractivity contribution in [2.75, 3.05) is 0 Å². The number of amides is 1. The van der Waals surface area contributed by atoms with Gasteiger partial charge in [0.1, 0.15) is 5.75 Å². The molecule has 1 aliphatic rings. The zero-order chi connectivity index (χ0) is 20.2. The van der Waals surface area contributed by atoms with E-state index in [1.165, 1.54) is 11.1 Å². The van der Waals surface area contributed by atoms with Crippen LogP contribution in [0.4, 0.5) is 0 Å². The Morgan fingerprint density at radius 3 is 2.41 bits per heavy atom. The molecular formula is C24H19ClN2O2. The van der Waals surface area contributed by atoms with Crippen LogP contribution in [0.1, 0.15) is 29.2 Å². The van der Waals surface area contributed by atoms with E-state index < -0.39 is 0 Å². The van der Waals surface area contributed by atoms with E-state index in [2.05, 4.69) is 5.10 Å². The second kappa shape index (κ2) is 8.33. The first-order valence-electron chi connectivity index (χ1n) is 9.29. The van der Waals surface area contributed by atoms with E-state index in [1.807, 2.05) is 54.6 Å². The molecule has 0 spiro atoms. The van der Waals surface area contributed by atoms with E-state index in [4.69, 9.17) is 11.6 Å². The number of para-hydroxylation sites is 1. The lowest BCUT2D eigenvalue weighted by Gasteiger charge is -2.21. The minimum Gasteiger partial charge on any atom is -0.508 e. The van der Waals surface area contributed by atoms with Crippen molar-refractivity contribution in [3.63, 3.8) is 0 Å². The molecule has 0 saturated carbocycles. The Morgan fingerprint density at radius 1 is 1.00 bits per heavy atom. The summed E-state index contributed by atoms with van der Waals surface area (Å²) in [5.74, 6) is -0.0963. The summed E-state index contributed by atoms with van der Waals surface area (Å²) in [5, 5.41) is 17.0. The van der Waals surface area contributed by atoms with Crippen LogP contribution < -0.4 is 0 Å². The van der Waals surface area contributed by atoms with Gasteiger partial charge in [-0.2, -0.15) is 5.10 Å². The largest absolute Gasteiger partial charge is 0.508 e. The predicted molar refractivity (Wildman–Crippen MR) is 116 cm³/mol. The van der Waals surface area contributed by atoms with Crippen LogP contribution in [-0.4, -0.2) is 21.7 Å². The van der Waals surface area contributed by atoms with Crippen LogP contribution in [0.5, 0.6) is 5.75 Å². The molecule has 0 fully saturated rings. The van der Waals surface area contributed by atoms with Gasteiger partial charge in [0.15, 0.2) is 0 Å². The van der Waals surface area contributed by atoms with Crippen molar-refractivity contribution in [2.45, 2.75) is 12.5 Å². The van der Waals surface area contributed by atoms with Crippen molar-refractivity contribution in [1.82, 2.24) is 5.01 Å². The molecule has 0 saturated heterocycles. The van der Waals surface area contributed by atoms with Crippen LogP contribution in [0.2, 0.25) is 5.02 Å². The SMILES string of the molecule is O=C(C=Cc1ccccc1)N1N=C(c2ccc(Cl)cc2)CC1c1ccccc1O. The highest BCUT2D eigenvalue weighted by molar-refractivity contribution is 6.30. The number of phenols is 1. The Morgan fingerprint density at radius 2 is 1.69 bits per heavy atom. The van der Waals surface area contributed by atoms with Gasteiger partial charge in [0, 0.05) is 23.1 Å². The molecule has 0 radical (unpaired) electrons. The van der Waals surface area contributed by atoms with Gasteiger partial charge in [-0.15, -0.1) is 0 Å². The Bertz CT molecular complexity index is 1080. The number of benzene rings is 3. The maximum absolute atomic E-state index is 13.0. The third kappa shape index (κ3) is 4.23. The normalized spacial score (nSPS) is 16.2. The lowest BCUT2D eigenvalue weighted by atomic mass is 9.97. The van der Waals surface area contributed by atoms with Crippen LogP contribution in [-0.2, 0) is 4.79 Å². The molecule has 1 unspecified atom stereocenters. The molecule has 29 heavy (non-hydrogen) atoms. The standard InChI is InChI=1S/C24H19ClN2O2/c25-19-13-11-18(12-14-19)21-16-22(20-8-4-5-9-23(20)28)27(26-21)24(29)15-10-17-6-2-1-3-7-17/h1-15,22,28H,16H2. The molecule has 5 heteroatoms. The maximum Gasteiger partial charge on any atom is 0.267 e. The number of hydrogen-bond donors (Lipinski definition) is 1. The van der Waals surface area contributed by atoms with Crippen molar-refractivity contribution in [2.24, 2.45) is 5.10 Å². The molecule has 4 rings (SSSR count). The molecule has 4 nitrogen and oxygen atoms in total. The van der Waals surface area contributed by atoms with Gasteiger partial charge in [-0.05, 0) is 35.4 Å². The number of hydrazone groups is 1. The Labute approximate surface area is 174 Å². The molecule has 0 bridgehead atoms.